The molecule has 2 N–H and O–H groups in total. The number of rotatable bonds is 5. The van der Waals surface area contributed by atoms with E-state index in [2.05, 4.69) is 6.58 Å². The van der Waals surface area contributed by atoms with Crippen LogP contribution in [0.4, 0.5) is 0 Å². The fourth-order valence-corrected chi connectivity index (χ4v) is 4.57. The number of benzene rings is 3. The monoisotopic (exact) mass is 402 g/mol. The molecule has 4 nitrogen and oxygen atoms in total. The van der Waals surface area contributed by atoms with E-state index in [0.717, 1.165) is 21.2 Å². The molecule has 0 saturated heterocycles. The minimum atomic E-state index is -0.121. The zero-order chi connectivity index (χ0) is 20.5. The Kier molecular flexibility index (Phi) is 4.82. The van der Waals surface area contributed by atoms with E-state index in [1.54, 1.807) is 31.2 Å². The Hall–Kier alpha value is -3.57. The summed E-state index contributed by atoms with van der Waals surface area (Å²) < 4.78 is 6.12. The topological polar surface area (TPSA) is 66.8 Å². The Morgan fingerprint density at radius 3 is 2.38 bits per heavy atom. The van der Waals surface area contributed by atoms with Gasteiger partial charge in [0, 0.05) is 21.2 Å². The molecule has 29 heavy (non-hydrogen) atoms. The van der Waals surface area contributed by atoms with Gasteiger partial charge >= 0.3 is 0 Å². The van der Waals surface area contributed by atoms with Crippen LogP contribution in [0.2, 0.25) is 0 Å². The predicted octanol–water partition coefficient (Wildman–Crippen LogP) is 6.04. The van der Waals surface area contributed by atoms with Gasteiger partial charge in [0.2, 0.25) is 5.78 Å². The van der Waals surface area contributed by atoms with Crippen molar-refractivity contribution in [2.24, 2.45) is 0 Å². The summed E-state index contributed by atoms with van der Waals surface area (Å²) in [6, 6.07) is 17.3. The largest absolute Gasteiger partial charge is 0.508 e. The smallest absolute Gasteiger partial charge is 0.203 e. The van der Waals surface area contributed by atoms with Gasteiger partial charge in [0.05, 0.1) is 11.1 Å². The Balaban J connectivity index is 1.92. The quantitative estimate of drug-likeness (QED) is 0.315. The van der Waals surface area contributed by atoms with Gasteiger partial charge in [-0.25, -0.2) is 0 Å². The van der Waals surface area contributed by atoms with Crippen LogP contribution in [0.15, 0.2) is 73.5 Å². The standard InChI is InChI=1S/C24H18O4S/c1-3-28-18-8-4-15(5-9-18)22-20-11-7-17(26)13-21(20)29-24(22)23(27)19-10-6-16(25)12-14(19)2/h3-13,25-26H,1H2,2H3. The summed E-state index contributed by atoms with van der Waals surface area (Å²) in [5.41, 5.74) is 2.92. The van der Waals surface area contributed by atoms with E-state index in [4.69, 9.17) is 4.74 Å². The van der Waals surface area contributed by atoms with E-state index in [9.17, 15) is 15.0 Å². The third kappa shape index (κ3) is 3.48. The van der Waals surface area contributed by atoms with Crippen molar-refractivity contribution in [3.8, 4) is 28.4 Å². The lowest BCUT2D eigenvalue weighted by Gasteiger charge is -2.08. The highest BCUT2D eigenvalue weighted by Crippen LogP contribution is 2.42. The van der Waals surface area contributed by atoms with Gasteiger partial charge in [-0.3, -0.25) is 4.79 Å². The van der Waals surface area contributed by atoms with Crippen LogP contribution in [-0.2, 0) is 0 Å². The summed E-state index contributed by atoms with van der Waals surface area (Å²) in [5.74, 6) is 0.811. The summed E-state index contributed by atoms with van der Waals surface area (Å²) in [5, 5.41) is 20.5. The molecule has 0 spiro atoms. The number of hydrogen-bond acceptors (Lipinski definition) is 5. The molecule has 1 aromatic heterocycles. The zero-order valence-electron chi connectivity index (χ0n) is 15.7. The Morgan fingerprint density at radius 2 is 1.69 bits per heavy atom. The lowest BCUT2D eigenvalue weighted by atomic mass is 9.96. The summed E-state index contributed by atoms with van der Waals surface area (Å²) in [4.78, 5) is 14.0. The predicted molar refractivity (Wildman–Crippen MR) is 116 cm³/mol. The van der Waals surface area contributed by atoms with Crippen molar-refractivity contribution in [3.63, 3.8) is 0 Å². The van der Waals surface area contributed by atoms with Gasteiger partial charge in [0.15, 0.2) is 0 Å². The van der Waals surface area contributed by atoms with Crippen LogP contribution in [0.5, 0.6) is 17.2 Å². The second-order valence-corrected chi connectivity index (χ2v) is 7.68. The van der Waals surface area contributed by atoms with E-state index >= 15 is 0 Å². The molecule has 0 unspecified atom stereocenters. The van der Waals surface area contributed by atoms with E-state index in [1.165, 1.54) is 23.7 Å². The third-order valence-corrected chi connectivity index (χ3v) is 5.85. The van der Waals surface area contributed by atoms with Crippen LogP contribution >= 0.6 is 11.3 Å². The van der Waals surface area contributed by atoms with Crippen LogP contribution in [0.3, 0.4) is 0 Å². The number of aromatic hydroxyl groups is 2. The van der Waals surface area contributed by atoms with E-state index in [0.29, 0.717) is 21.8 Å². The number of ether oxygens (including phenoxy) is 1. The van der Waals surface area contributed by atoms with E-state index in [1.807, 2.05) is 30.3 Å². The first kappa shape index (κ1) is 18.8. The molecule has 5 heteroatoms. The lowest BCUT2D eigenvalue weighted by molar-refractivity contribution is 0.104. The number of hydrogen-bond donors (Lipinski definition) is 2. The molecule has 0 aliphatic heterocycles. The highest BCUT2D eigenvalue weighted by atomic mass is 32.1. The highest BCUT2D eigenvalue weighted by molar-refractivity contribution is 7.21. The van der Waals surface area contributed by atoms with Crippen LogP contribution in [-0.4, -0.2) is 16.0 Å². The fourth-order valence-electron chi connectivity index (χ4n) is 3.35. The first-order chi connectivity index (χ1) is 14.0. The van der Waals surface area contributed by atoms with Crippen molar-refractivity contribution in [2.75, 3.05) is 0 Å². The minimum Gasteiger partial charge on any atom is -0.508 e. The van der Waals surface area contributed by atoms with Crippen molar-refractivity contribution in [3.05, 3.63) is 89.5 Å². The van der Waals surface area contributed by atoms with Crippen molar-refractivity contribution < 1.29 is 19.7 Å². The average Bonchev–Trinajstić information content (AvgIpc) is 3.07. The van der Waals surface area contributed by atoms with Crippen LogP contribution in [0.25, 0.3) is 21.2 Å². The third-order valence-electron chi connectivity index (χ3n) is 4.70. The van der Waals surface area contributed by atoms with Gasteiger partial charge in [-0.15, -0.1) is 11.3 Å². The Labute approximate surface area is 172 Å². The van der Waals surface area contributed by atoms with Crippen molar-refractivity contribution >= 4 is 27.2 Å². The first-order valence-corrected chi connectivity index (χ1v) is 9.77. The number of phenolic OH excluding ortho intramolecular Hbond substituents is 2. The number of carbonyl (C=O) groups excluding carboxylic acids is 1. The minimum absolute atomic E-state index is 0.121. The molecule has 0 bridgehead atoms. The number of fused-ring (bicyclic) bond motifs is 1. The first-order valence-electron chi connectivity index (χ1n) is 8.96. The molecular weight excluding hydrogens is 384 g/mol. The molecule has 3 aromatic carbocycles. The molecule has 1 heterocycles. The van der Waals surface area contributed by atoms with Gasteiger partial charge in [-0.1, -0.05) is 18.7 Å². The maximum Gasteiger partial charge on any atom is 0.203 e. The number of ketones is 1. The molecular formula is C24H18O4S. The normalized spacial score (nSPS) is 10.8. The van der Waals surface area contributed by atoms with E-state index in [-0.39, 0.29) is 17.3 Å². The molecule has 0 fully saturated rings. The maximum absolute atomic E-state index is 13.4. The Bertz CT molecular complexity index is 1240. The van der Waals surface area contributed by atoms with Gasteiger partial charge in [-0.05, 0) is 66.6 Å². The number of aryl methyl sites for hydroxylation is 1. The van der Waals surface area contributed by atoms with Gasteiger partial charge in [0.1, 0.15) is 17.2 Å². The van der Waals surface area contributed by atoms with Crippen molar-refractivity contribution in [1.82, 2.24) is 0 Å². The number of thiophene rings is 1. The molecule has 144 valence electrons. The molecule has 0 saturated carbocycles. The fraction of sp³-hybridized carbons (Fsp3) is 0.0417. The van der Waals surface area contributed by atoms with Crippen molar-refractivity contribution in [2.45, 2.75) is 6.92 Å². The zero-order valence-corrected chi connectivity index (χ0v) is 16.5. The second-order valence-electron chi connectivity index (χ2n) is 6.62. The van der Waals surface area contributed by atoms with Crippen LogP contribution < -0.4 is 4.74 Å². The summed E-state index contributed by atoms with van der Waals surface area (Å²) in [7, 11) is 0. The average molecular weight is 402 g/mol. The van der Waals surface area contributed by atoms with E-state index < -0.39 is 0 Å². The summed E-state index contributed by atoms with van der Waals surface area (Å²) >= 11 is 1.34. The molecule has 0 atom stereocenters. The highest BCUT2D eigenvalue weighted by Gasteiger charge is 2.22. The number of phenols is 2. The Morgan fingerprint density at radius 1 is 1.00 bits per heavy atom. The van der Waals surface area contributed by atoms with Crippen molar-refractivity contribution in [1.29, 1.82) is 0 Å². The van der Waals surface area contributed by atoms with Gasteiger partial charge in [-0.2, -0.15) is 0 Å². The molecule has 4 aromatic rings. The van der Waals surface area contributed by atoms with Crippen LogP contribution in [0.1, 0.15) is 20.8 Å². The van der Waals surface area contributed by atoms with Gasteiger partial charge in [0.25, 0.3) is 0 Å². The van der Waals surface area contributed by atoms with Crippen LogP contribution in [0, 0.1) is 6.92 Å². The number of carbonyl (C=O) groups is 1. The van der Waals surface area contributed by atoms with Gasteiger partial charge < -0.3 is 14.9 Å². The molecule has 0 radical (unpaired) electrons. The lowest BCUT2D eigenvalue weighted by Crippen LogP contribution is -2.03. The molecule has 0 aliphatic carbocycles. The molecule has 0 amide bonds. The summed E-state index contributed by atoms with van der Waals surface area (Å²) in [6.45, 7) is 5.35. The molecule has 4 rings (SSSR count). The maximum atomic E-state index is 13.4. The molecule has 0 aliphatic rings. The second kappa shape index (κ2) is 7.45. The summed E-state index contributed by atoms with van der Waals surface area (Å²) in [6.07, 6.45) is 1.36. The SMILES string of the molecule is C=COc1ccc(-c2c(C(=O)c3ccc(O)cc3C)sc3cc(O)ccc23)cc1.